The number of hydrogen-bond donors (Lipinski definition) is 2. The van der Waals surface area contributed by atoms with Crippen LogP contribution in [0.1, 0.15) is 18.4 Å². The molecule has 0 radical (unpaired) electrons. The minimum atomic E-state index is -0.288. The number of nitrogens with one attached hydrogen (secondary N) is 2. The lowest BCUT2D eigenvalue weighted by Crippen LogP contribution is -2.43. The number of rotatable bonds is 8. The van der Waals surface area contributed by atoms with Gasteiger partial charge in [0.1, 0.15) is 0 Å². The standard InChI is InChI=1S/C24H26N4O3S/c29-22(14-18-8-3-1-4-9-18)26-27-23(30)17-32-24-25-15-21(19-10-5-2-6-11-19)28(24)16-20-12-7-13-31-20/h1-6,8-11,15,20H,7,12-14,16-17H2,(H,26,29)(H,27,30). The van der Waals surface area contributed by atoms with Gasteiger partial charge in [-0.15, -0.1) is 0 Å². The van der Waals surface area contributed by atoms with Gasteiger partial charge in [0, 0.05) is 6.61 Å². The molecule has 166 valence electrons. The largest absolute Gasteiger partial charge is 0.376 e. The predicted molar refractivity (Wildman–Crippen MR) is 124 cm³/mol. The van der Waals surface area contributed by atoms with Crippen molar-refractivity contribution in [2.24, 2.45) is 0 Å². The van der Waals surface area contributed by atoms with Gasteiger partial charge in [-0.25, -0.2) is 4.98 Å². The number of hydrogen-bond acceptors (Lipinski definition) is 5. The molecule has 1 unspecified atom stereocenters. The molecule has 2 amide bonds. The average molecular weight is 451 g/mol. The van der Waals surface area contributed by atoms with Crippen LogP contribution in [0.25, 0.3) is 11.3 Å². The van der Waals surface area contributed by atoms with E-state index in [0.717, 1.165) is 41.4 Å². The molecular weight excluding hydrogens is 424 g/mol. The molecule has 7 nitrogen and oxygen atoms in total. The SMILES string of the molecule is O=C(CSc1ncc(-c2ccccc2)n1CC1CCCO1)NNC(=O)Cc1ccccc1. The number of carbonyl (C=O) groups excluding carboxylic acids is 2. The van der Waals surface area contributed by atoms with E-state index in [9.17, 15) is 9.59 Å². The Balaban J connectivity index is 1.35. The molecule has 8 heteroatoms. The highest BCUT2D eigenvalue weighted by Crippen LogP contribution is 2.28. The Labute approximate surface area is 191 Å². The number of amides is 2. The van der Waals surface area contributed by atoms with Crippen molar-refractivity contribution in [3.63, 3.8) is 0 Å². The summed E-state index contributed by atoms with van der Waals surface area (Å²) in [4.78, 5) is 28.9. The lowest BCUT2D eigenvalue weighted by Gasteiger charge is -2.16. The molecule has 32 heavy (non-hydrogen) atoms. The van der Waals surface area contributed by atoms with Crippen molar-refractivity contribution in [2.75, 3.05) is 12.4 Å². The van der Waals surface area contributed by atoms with Crippen molar-refractivity contribution >= 4 is 23.6 Å². The van der Waals surface area contributed by atoms with Crippen LogP contribution in [0.5, 0.6) is 0 Å². The Bertz CT molecular complexity index is 1030. The van der Waals surface area contributed by atoms with Crippen LogP contribution >= 0.6 is 11.8 Å². The summed E-state index contributed by atoms with van der Waals surface area (Å²) < 4.78 is 7.95. The second-order valence-electron chi connectivity index (χ2n) is 7.59. The number of thioether (sulfide) groups is 1. The highest BCUT2D eigenvalue weighted by molar-refractivity contribution is 7.99. The summed E-state index contributed by atoms with van der Waals surface area (Å²) in [6, 6.07) is 19.5. The zero-order chi connectivity index (χ0) is 22.2. The van der Waals surface area contributed by atoms with E-state index < -0.39 is 0 Å². The molecule has 0 aliphatic carbocycles. The van der Waals surface area contributed by atoms with E-state index in [1.54, 1.807) is 0 Å². The van der Waals surface area contributed by atoms with Gasteiger partial charge in [-0.3, -0.25) is 20.4 Å². The van der Waals surface area contributed by atoms with Gasteiger partial charge in [0.05, 0.1) is 36.7 Å². The monoisotopic (exact) mass is 450 g/mol. The predicted octanol–water partition coefficient (Wildman–Crippen LogP) is 3.21. The molecule has 2 heterocycles. The van der Waals surface area contributed by atoms with Crippen molar-refractivity contribution in [3.05, 3.63) is 72.4 Å². The molecule has 1 fully saturated rings. The minimum absolute atomic E-state index is 0.141. The number of benzene rings is 2. The third kappa shape index (κ3) is 5.99. The van der Waals surface area contributed by atoms with Crippen molar-refractivity contribution < 1.29 is 14.3 Å². The van der Waals surface area contributed by atoms with Gasteiger partial charge in [0.25, 0.3) is 0 Å². The molecule has 4 rings (SSSR count). The summed E-state index contributed by atoms with van der Waals surface area (Å²) in [6.07, 6.45) is 4.28. The average Bonchev–Trinajstić information content (AvgIpc) is 3.48. The highest BCUT2D eigenvalue weighted by Gasteiger charge is 2.21. The van der Waals surface area contributed by atoms with Crippen molar-refractivity contribution in [2.45, 2.75) is 37.1 Å². The van der Waals surface area contributed by atoms with Gasteiger partial charge in [0.15, 0.2) is 5.16 Å². The second-order valence-corrected chi connectivity index (χ2v) is 8.53. The fourth-order valence-electron chi connectivity index (χ4n) is 3.61. The molecule has 0 spiro atoms. The topological polar surface area (TPSA) is 85.2 Å². The zero-order valence-electron chi connectivity index (χ0n) is 17.7. The van der Waals surface area contributed by atoms with Gasteiger partial charge in [-0.1, -0.05) is 72.4 Å². The Morgan fingerprint density at radius 1 is 1.03 bits per heavy atom. The molecule has 1 aliphatic heterocycles. The van der Waals surface area contributed by atoms with Gasteiger partial charge in [-0.2, -0.15) is 0 Å². The summed E-state index contributed by atoms with van der Waals surface area (Å²) in [6.45, 7) is 1.48. The highest BCUT2D eigenvalue weighted by atomic mass is 32.2. The summed E-state index contributed by atoms with van der Waals surface area (Å²) in [5.74, 6) is -0.410. The van der Waals surface area contributed by atoms with Crippen molar-refractivity contribution in [1.82, 2.24) is 20.4 Å². The van der Waals surface area contributed by atoms with Crippen LogP contribution in [0.2, 0.25) is 0 Å². The fourth-order valence-corrected chi connectivity index (χ4v) is 4.40. The number of nitrogens with zero attached hydrogens (tertiary/aromatic N) is 2. The van der Waals surface area contributed by atoms with E-state index in [1.807, 2.05) is 66.9 Å². The second kappa shape index (κ2) is 11.0. The van der Waals surface area contributed by atoms with Crippen LogP contribution < -0.4 is 10.9 Å². The maximum Gasteiger partial charge on any atom is 0.248 e. The molecule has 2 N–H and O–H groups in total. The van der Waals surface area contributed by atoms with Crippen molar-refractivity contribution in [3.8, 4) is 11.3 Å². The van der Waals surface area contributed by atoms with E-state index >= 15 is 0 Å². The van der Waals surface area contributed by atoms with Crippen LogP contribution in [-0.2, 0) is 27.3 Å². The Hall–Kier alpha value is -3.10. The lowest BCUT2D eigenvalue weighted by molar-refractivity contribution is -0.127. The van der Waals surface area contributed by atoms with Gasteiger partial charge in [-0.05, 0) is 24.0 Å². The smallest absolute Gasteiger partial charge is 0.248 e. The molecule has 1 saturated heterocycles. The molecule has 0 bridgehead atoms. The number of aromatic nitrogens is 2. The maximum absolute atomic E-state index is 12.3. The third-order valence-corrected chi connectivity index (χ3v) is 6.17. The summed E-state index contributed by atoms with van der Waals surface area (Å²) in [7, 11) is 0. The summed E-state index contributed by atoms with van der Waals surface area (Å²) in [5.41, 5.74) is 7.91. The number of imidazole rings is 1. The molecule has 1 aliphatic rings. The fraction of sp³-hybridized carbons (Fsp3) is 0.292. The Morgan fingerprint density at radius 2 is 1.75 bits per heavy atom. The first kappa shape index (κ1) is 22.1. The van der Waals surface area contributed by atoms with Crippen molar-refractivity contribution in [1.29, 1.82) is 0 Å². The Kier molecular flexibility index (Phi) is 7.58. The molecule has 3 aromatic rings. The van der Waals surface area contributed by atoms with Gasteiger partial charge >= 0.3 is 0 Å². The van der Waals surface area contributed by atoms with Crippen LogP contribution in [-0.4, -0.2) is 39.8 Å². The van der Waals surface area contributed by atoms with E-state index in [1.165, 1.54) is 11.8 Å². The first-order valence-corrected chi connectivity index (χ1v) is 11.6. The normalized spacial score (nSPS) is 15.4. The van der Waals surface area contributed by atoms with E-state index in [4.69, 9.17) is 4.74 Å². The number of ether oxygens (including phenoxy) is 1. The number of hydrazine groups is 1. The maximum atomic E-state index is 12.3. The minimum Gasteiger partial charge on any atom is -0.376 e. The lowest BCUT2D eigenvalue weighted by atomic mass is 10.1. The summed E-state index contributed by atoms with van der Waals surface area (Å²) in [5, 5.41) is 0.755. The third-order valence-electron chi connectivity index (χ3n) is 5.18. The van der Waals surface area contributed by atoms with Crippen LogP contribution in [0, 0.1) is 0 Å². The van der Waals surface area contributed by atoms with Crippen LogP contribution in [0.4, 0.5) is 0 Å². The van der Waals surface area contributed by atoms with E-state index in [0.29, 0.717) is 6.54 Å². The molecular formula is C24H26N4O3S. The van der Waals surface area contributed by atoms with E-state index in [2.05, 4.69) is 20.4 Å². The molecule has 0 saturated carbocycles. The number of carbonyl (C=O) groups is 2. The molecule has 1 atom stereocenters. The first-order valence-electron chi connectivity index (χ1n) is 10.7. The van der Waals surface area contributed by atoms with Gasteiger partial charge < -0.3 is 9.30 Å². The van der Waals surface area contributed by atoms with Crippen LogP contribution in [0.15, 0.2) is 72.0 Å². The Morgan fingerprint density at radius 3 is 2.47 bits per heavy atom. The molecule has 2 aromatic carbocycles. The quantitative estimate of drug-likeness (QED) is 0.407. The zero-order valence-corrected chi connectivity index (χ0v) is 18.5. The van der Waals surface area contributed by atoms with E-state index in [-0.39, 0.29) is 30.1 Å². The van der Waals surface area contributed by atoms with Gasteiger partial charge in [0.2, 0.25) is 11.8 Å². The van der Waals surface area contributed by atoms with Crippen LogP contribution in [0.3, 0.4) is 0 Å². The molecule has 1 aromatic heterocycles. The summed E-state index contributed by atoms with van der Waals surface area (Å²) >= 11 is 1.34. The first-order chi connectivity index (χ1) is 15.7.